The quantitative estimate of drug-likeness (QED) is 0.624. The molecular formula is C13H17N5OS. The first-order chi connectivity index (χ1) is 9.75. The predicted molar refractivity (Wildman–Crippen MR) is 81.5 cm³/mol. The van der Waals surface area contributed by atoms with E-state index < -0.39 is 0 Å². The van der Waals surface area contributed by atoms with E-state index in [2.05, 4.69) is 25.6 Å². The van der Waals surface area contributed by atoms with Crippen molar-refractivity contribution in [3.63, 3.8) is 0 Å². The summed E-state index contributed by atoms with van der Waals surface area (Å²) in [5.41, 5.74) is 1.06. The average molecular weight is 291 g/mol. The summed E-state index contributed by atoms with van der Waals surface area (Å²) >= 11 is 1.51. The molecule has 2 N–H and O–H groups in total. The molecule has 2 rings (SSSR count). The summed E-state index contributed by atoms with van der Waals surface area (Å²) < 4.78 is 5.03. The molecule has 0 atom stereocenters. The first-order valence-corrected chi connectivity index (χ1v) is 7.31. The zero-order chi connectivity index (χ0) is 14.4. The third kappa shape index (κ3) is 3.74. The SMILES string of the molecule is CNc1cc(NCc2ccc(OC)nc2)nc(SC)n1. The Bertz CT molecular complexity index is 539. The highest BCUT2D eigenvalue weighted by Crippen LogP contribution is 2.17. The van der Waals surface area contributed by atoms with Gasteiger partial charge in [-0.1, -0.05) is 17.8 Å². The van der Waals surface area contributed by atoms with Crippen LogP contribution in [-0.2, 0) is 6.54 Å². The highest BCUT2D eigenvalue weighted by Gasteiger charge is 2.03. The van der Waals surface area contributed by atoms with Gasteiger partial charge in [-0.3, -0.25) is 0 Å². The Morgan fingerprint density at radius 2 is 2.05 bits per heavy atom. The van der Waals surface area contributed by atoms with Crippen molar-refractivity contribution in [3.8, 4) is 5.88 Å². The zero-order valence-corrected chi connectivity index (χ0v) is 12.5. The van der Waals surface area contributed by atoms with Crippen molar-refractivity contribution in [1.29, 1.82) is 0 Å². The second-order valence-corrected chi connectivity index (χ2v) is 4.71. The van der Waals surface area contributed by atoms with Crippen LogP contribution in [-0.4, -0.2) is 35.4 Å². The fraction of sp³-hybridized carbons (Fsp3) is 0.308. The van der Waals surface area contributed by atoms with E-state index in [1.165, 1.54) is 11.8 Å². The molecule has 0 bridgehead atoms. The van der Waals surface area contributed by atoms with Crippen molar-refractivity contribution >= 4 is 23.4 Å². The second-order valence-electron chi connectivity index (χ2n) is 3.94. The number of thioether (sulfide) groups is 1. The molecule has 20 heavy (non-hydrogen) atoms. The van der Waals surface area contributed by atoms with Crippen molar-refractivity contribution in [2.45, 2.75) is 11.7 Å². The Labute approximate surface area is 122 Å². The van der Waals surface area contributed by atoms with Gasteiger partial charge in [0.25, 0.3) is 0 Å². The minimum Gasteiger partial charge on any atom is -0.481 e. The van der Waals surface area contributed by atoms with Crippen LogP contribution in [0, 0.1) is 0 Å². The van der Waals surface area contributed by atoms with Gasteiger partial charge in [0.2, 0.25) is 5.88 Å². The Kier molecular flexibility index (Phi) is 5.00. The van der Waals surface area contributed by atoms with Gasteiger partial charge in [-0.15, -0.1) is 0 Å². The minimum atomic E-state index is 0.609. The van der Waals surface area contributed by atoms with Gasteiger partial charge in [0, 0.05) is 31.9 Å². The highest BCUT2D eigenvalue weighted by atomic mass is 32.2. The smallest absolute Gasteiger partial charge is 0.212 e. The molecule has 0 saturated carbocycles. The van der Waals surface area contributed by atoms with E-state index in [-0.39, 0.29) is 0 Å². The Morgan fingerprint density at radius 3 is 2.65 bits per heavy atom. The van der Waals surface area contributed by atoms with Gasteiger partial charge in [0.1, 0.15) is 11.6 Å². The number of ether oxygens (including phenoxy) is 1. The van der Waals surface area contributed by atoms with E-state index in [0.717, 1.165) is 22.4 Å². The molecule has 0 radical (unpaired) electrons. The van der Waals surface area contributed by atoms with Crippen LogP contribution in [0.3, 0.4) is 0 Å². The Hall–Kier alpha value is -2.02. The normalized spacial score (nSPS) is 10.2. The molecule has 7 heteroatoms. The monoisotopic (exact) mass is 291 g/mol. The van der Waals surface area contributed by atoms with E-state index in [4.69, 9.17) is 4.74 Å². The summed E-state index contributed by atoms with van der Waals surface area (Å²) in [4.78, 5) is 12.9. The van der Waals surface area contributed by atoms with Gasteiger partial charge in [-0.05, 0) is 11.8 Å². The molecule has 0 unspecified atom stereocenters. The van der Waals surface area contributed by atoms with Crippen molar-refractivity contribution in [2.24, 2.45) is 0 Å². The van der Waals surface area contributed by atoms with Crippen LogP contribution in [0.2, 0.25) is 0 Å². The standard InChI is InChI=1S/C13H17N5OS/c1-14-10-6-11(18-13(17-10)20-3)15-7-9-4-5-12(19-2)16-8-9/h4-6,8H,7H2,1-3H3,(H2,14,15,17,18). The molecule has 0 spiro atoms. The Morgan fingerprint density at radius 1 is 1.25 bits per heavy atom. The molecule has 106 valence electrons. The third-order valence-corrected chi connectivity index (χ3v) is 3.17. The van der Waals surface area contributed by atoms with Crippen LogP contribution >= 0.6 is 11.8 Å². The maximum Gasteiger partial charge on any atom is 0.212 e. The van der Waals surface area contributed by atoms with Gasteiger partial charge in [-0.2, -0.15) is 0 Å². The molecule has 2 aromatic heterocycles. The molecule has 6 nitrogen and oxygen atoms in total. The van der Waals surface area contributed by atoms with Gasteiger partial charge < -0.3 is 15.4 Å². The zero-order valence-electron chi connectivity index (χ0n) is 11.7. The van der Waals surface area contributed by atoms with Gasteiger partial charge >= 0.3 is 0 Å². The lowest BCUT2D eigenvalue weighted by Crippen LogP contribution is -2.05. The third-order valence-electron chi connectivity index (χ3n) is 2.62. The van der Waals surface area contributed by atoms with E-state index in [9.17, 15) is 0 Å². The van der Waals surface area contributed by atoms with E-state index in [1.54, 1.807) is 13.3 Å². The summed E-state index contributed by atoms with van der Waals surface area (Å²) in [6.45, 7) is 0.644. The number of nitrogens with one attached hydrogen (secondary N) is 2. The van der Waals surface area contributed by atoms with Crippen LogP contribution in [0.1, 0.15) is 5.56 Å². The van der Waals surface area contributed by atoms with Crippen molar-refractivity contribution in [3.05, 3.63) is 30.0 Å². The lowest BCUT2D eigenvalue weighted by atomic mass is 10.3. The first kappa shape index (κ1) is 14.4. The van der Waals surface area contributed by atoms with Crippen molar-refractivity contribution < 1.29 is 4.74 Å². The summed E-state index contributed by atoms with van der Waals surface area (Å²) in [6, 6.07) is 5.68. The summed E-state index contributed by atoms with van der Waals surface area (Å²) in [5, 5.41) is 7.01. The predicted octanol–water partition coefficient (Wildman–Crippen LogP) is 2.26. The van der Waals surface area contributed by atoms with E-state index >= 15 is 0 Å². The molecule has 2 aromatic rings. The van der Waals surface area contributed by atoms with Crippen molar-refractivity contribution in [1.82, 2.24) is 15.0 Å². The maximum absolute atomic E-state index is 5.03. The fourth-order valence-electron chi connectivity index (χ4n) is 1.56. The summed E-state index contributed by atoms with van der Waals surface area (Å²) in [6.07, 6.45) is 3.73. The number of pyridine rings is 1. The molecule has 0 amide bonds. The Balaban J connectivity index is 2.05. The average Bonchev–Trinajstić information content (AvgIpc) is 2.53. The van der Waals surface area contributed by atoms with Gasteiger partial charge in [-0.25, -0.2) is 15.0 Å². The fourth-order valence-corrected chi connectivity index (χ4v) is 1.94. The summed E-state index contributed by atoms with van der Waals surface area (Å²) in [7, 11) is 3.44. The van der Waals surface area contributed by atoms with Gasteiger partial charge in [0.15, 0.2) is 5.16 Å². The molecule has 0 aliphatic rings. The molecule has 0 aliphatic heterocycles. The first-order valence-electron chi connectivity index (χ1n) is 6.08. The van der Waals surface area contributed by atoms with Crippen LogP contribution in [0.15, 0.2) is 29.6 Å². The van der Waals surface area contributed by atoms with Crippen LogP contribution < -0.4 is 15.4 Å². The van der Waals surface area contributed by atoms with E-state index in [0.29, 0.717) is 12.4 Å². The number of rotatable bonds is 6. The largest absolute Gasteiger partial charge is 0.481 e. The number of hydrogen-bond donors (Lipinski definition) is 2. The molecule has 0 aliphatic carbocycles. The summed E-state index contributed by atoms with van der Waals surface area (Å²) in [5.74, 6) is 2.18. The number of nitrogens with zero attached hydrogens (tertiary/aromatic N) is 3. The maximum atomic E-state index is 5.03. The molecular weight excluding hydrogens is 274 g/mol. The van der Waals surface area contributed by atoms with Crippen LogP contribution in [0.4, 0.5) is 11.6 Å². The number of aromatic nitrogens is 3. The molecule has 2 heterocycles. The molecule has 0 aromatic carbocycles. The topological polar surface area (TPSA) is 72.0 Å². The van der Waals surface area contributed by atoms with Crippen LogP contribution in [0.5, 0.6) is 5.88 Å². The lowest BCUT2D eigenvalue weighted by Gasteiger charge is -2.09. The molecule has 0 saturated heterocycles. The number of hydrogen-bond acceptors (Lipinski definition) is 7. The van der Waals surface area contributed by atoms with E-state index in [1.807, 2.05) is 31.5 Å². The van der Waals surface area contributed by atoms with Crippen LogP contribution in [0.25, 0.3) is 0 Å². The second kappa shape index (κ2) is 6.95. The molecule has 0 fully saturated rings. The number of methoxy groups -OCH3 is 1. The van der Waals surface area contributed by atoms with Gasteiger partial charge in [0.05, 0.1) is 7.11 Å². The number of anilines is 2. The lowest BCUT2D eigenvalue weighted by molar-refractivity contribution is 0.397. The van der Waals surface area contributed by atoms with Crippen molar-refractivity contribution in [2.75, 3.05) is 31.0 Å². The highest BCUT2D eigenvalue weighted by molar-refractivity contribution is 7.98. The minimum absolute atomic E-state index is 0.609.